The fraction of sp³-hybridized carbons (Fsp3) is 0.214. The van der Waals surface area contributed by atoms with Gasteiger partial charge in [0.25, 0.3) is 0 Å². The van der Waals surface area contributed by atoms with Gasteiger partial charge in [0.1, 0.15) is 0 Å². The summed E-state index contributed by atoms with van der Waals surface area (Å²) in [5.41, 5.74) is 3.69. The second-order valence-corrected chi connectivity index (χ2v) is 5.42. The Morgan fingerprint density at radius 1 is 1.28 bits per heavy atom. The molecule has 1 aromatic heterocycles. The lowest BCUT2D eigenvalue weighted by atomic mass is 10.1. The quantitative estimate of drug-likeness (QED) is 0.915. The van der Waals surface area contributed by atoms with Gasteiger partial charge in [0.15, 0.2) is 0 Å². The summed E-state index contributed by atoms with van der Waals surface area (Å²) >= 11 is 9.38. The number of hydrogen-bond acceptors (Lipinski definition) is 2. The van der Waals surface area contributed by atoms with Crippen molar-refractivity contribution < 1.29 is 0 Å². The largest absolute Gasteiger partial charge is 0.309 e. The Morgan fingerprint density at radius 3 is 2.83 bits per heavy atom. The molecule has 94 valence electrons. The number of nitrogens with zero attached hydrogens (tertiary/aromatic N) is 1. The van der Waals surface area contributed by atoms with Gasteiger partial charge < -0.3 is 5.32 Å². The molecule has 1 N–H and O–H groups in total. The number of nitrogens with one attached hydrogen (secondary N) is 1. The number of aryl methyl sites for hydroxylation is 1. The van der Waals surface area contributed by atoms with Crippen LogP contribution < -0.4 is 5.32 Å². The minimum absolute atomic E-state index is 0.740. The molecule has 1 heterocycles. The van der Waals surface area contributed by atoms with E-state index in [0.717, 1.165) is 22.6 Å². The van der Waals surface area contributed by atoms with Crippen LogP contribution in [0.5, 0.6) is 0 Å². The molecule has 0 saturated heterocycles. The van der Waals surface area contributed by atoms with Crippen molar-refractivity contribution in [2.75, 3.05) is 0 Å². The zero-order chi connectivity index (χ0) is 13.0. The van der Waals surface area contributed by atoms with Crippen molar-refractivity contribution in [3.05, 3.63) is 62.8 Å². The van der Waals surface area contributed by atoms with Crippen molar-refractivity contribution in [2.24, 2.45) is 0 Å². The van der Waals surface area contributed by atoms with Crippen molar-refractivity contribution in [2.45, 2.75) is 20.0 Å². The number of hydrogen-bond donors (Lipinski definition) is 1. The van der Waals surface area contributed by atoms with Gasteiger partial charge in [-0.1, -0.05) is 17.7 Å². The van der Waals surface area contributed by atoms with E-state index < -0.39 is 0 Å². The normalized spacial score (nSPS) is 10.6. The van der Waals surface area contributed by atoms with Gasteiger partial charge in [-0.3, -0.25) is 4.98 Å². The topological polar surface area (TPSA) is 24.9 Å². The molecule has 2 nitrogen and oxygen atoms in total. The molecule has 0 aliphatic rings. The molecule has 0 unspecified atom stereocenters. The van der Waals surface area contributed by atoms with E-state index in [0.29, 0.717) is 0 Å². The van der Waals surface area contributed by atoms with Crippen LogP contribution in [-0.4, -0.2) is 4.98 Å². The highest BCUT2D eigenvalue weighted by molar-refractivity contribution is 9.10. The summed E-state index contributed by atoms with van der Waals surface area (Å²) < 4.78 is 0.934. The van der Waals surface area contributed by atoms with Crippen molar-refractivity contribution in [3.8, 4) is 0 Å². The third kappa shape index (κ3) is 3.55. The van der Waals surface area contributed by atoms with Crippen LogP contribution in [0.4, 0.5) is 0 Å². The summed E-state index contributed by atoms with van der Waals surface area (Å²) in [4.78, 5) is 4.08. The van der Waals surface area contributed by atoms with Crippen molar-refractivity contribution >= 4 is 27.5 Å². The van der Waals surface area contributed by atoms with Crippen LogP contribution in [-0.2, 0) is 13.1 Å². The van der Waals surface area contributed by atoms with E-state index in [1.54, 1.807) is 0 Å². The van der Waals surface area contributed by atoms with Crippen LogP contribution in [0.1, 0.15) is 16.7 Å². The average Bonchev–Trinajstić information content (AvgIpc) is 2.36. The predicted molar refractivity (Wildman–Crippen MR) is 78.7 cm³/mol. The lowest BCUT2D eigenvalue weighted by Crippen LogP contribution is -2.13. The third-order valence-corrected chi connectivity index (χ3v) is 3.98. The van der Waals surface area contributed by atoms with E-state index >= 15 is 0 Å². The van der Waals surface area contributed by atoms with Gasteiger partial charge in [0.05, 0.1) is 5.02 Å². The lowest BCUT2D eigenvalue weighted by molar-refractivity contribution is 0.689. The monoisotopic (exact) mass is 324 g/mol. The maximum atomic E-state index is 5.96. The van der Waals surface area contributed by atoms with E-state index in [2.05, 4.69) is 33.2 Å². The minimum Gasteiger partial charge on any atom is -0.309 e. The summed E-state index contributed by atoms with van der Waals surface area (Å²) in [6, 6.07) is 8.01. The number of benzene rings is 1. The molecule has 0 amide bonds. The average molecular weight is 326 g/mol. The predicted octanol–water partition coefficient (Wildman–Crippen LogP) is 4.10. The highest BCUT2D eigenvalue weighted by atomic mass is 79.9. The third-order valence-electron chi connectivity index (χ3n) is 2.77. The van der Waals surface area contributed by atoms with Gasteiger partial charge in [-0.15, -0.1) is 0 Å². The number of aromatic nitrogens is 1. The van der Waals surface area contributed by atoms with Crippen LogP contribution in [0.25, 0.3) is 0 Å². The maximum absolute atomic E-state index is 5.96. The van der Waals surface area contributed by atoms with E-state index in [1.165, 1.54) is 16.7 Å². The van der Waals surface area contributed by atoms with E-state index in [1.807, 2.05) is 36.7 Å². The zero-order valence-electron chi connectivity index (χ0n) is 10.1. The van der Waals surface area contributed by atoms with Crippen molar-refractivity contribution in [1.82, 2.24) is 10.3 Å². The molecule has 2 rings (SSSR count). The SMILES string of the molecule is Cc1cnccc1CNCc1ccc(Cl)c(Br)c1. The molecule has 0 aliphatic heterocycles. The Labute approximate surface area is 121 Å². The smallest absolute Gasteiger partial charge is 0.0548 e. The fourth-order valence-electron chi connectivity index (χ4n) is 1.69. The lowest BCUT2D eigenvalue weighted by Gasteiger charge is -2.08. The summed E-state index contributed by atoms with van der Waals surface area (Å²) in [5, 5.41) is 4.15. The first-order valence-corrected chi connectivity index (χ1v) is 6.88. The second-order valence-electron chi connectivity index (χ2n) is 4.15. The highest BCUT2D eigenvalue weighted by Gasteiger charge is 2.00. The molecule has 2 aromatic rings. The van der Waals surface area contributed by atoms with Gasteiger partial charge in [0.2, 0.25) is 0 Å². The van der Waals surface area contributed by atoms with Crippen LogP contribution in [0.3, 0.4) is 0 Å². The molecular formula is C14H14BrClN2. The molecule has 4 heteroatoms. The van der Waals surface area contributed by atoms with Crippen LogP contribution in [0.2, 0.25) is 5.02 Å². The summed E-state index contributed by atoms with van der Waals surface area (Å²) in [6.45, 7) is 3.73. The second kappa shape index (κ2) is 6.32. The molecule has 0 fully saturated rings. The molecule has 0 radical (unpaired) electrons. The first-order chi connectivity index (χ1) is 8.66. The number of pyridine rings is 1. The first-order valence-electron chi connectivity index (χ1n) is 5.71. The van der Waals surface area contributed by atoms with Crippen molar-refractivity contribution in [3.63, 3.8) is 0 Å². The molecule has 0 spiro atoms. The van der Waals surface area contributed by atoms with E-state index in [4.69, 9.17) is 11.6 Å². The molecule has 18 heavy (non-hydrogen) atoms. The maximum Gasteiger partial charge on any atom is 0.0548 e. The summed E-state index contributed by atoms with van der Waals surface area (Å²) in [7, 11) is 0. The molecule has 0 saturated carbocycles. The minimum atomic E-state index is 0.740. The Morgan fingerprint density at radius 2 is 2.11 bits per heavy atom. The van der Waals surface area contributed by atoms with Gasteiger partial charge >= 0.3 is 0 Å². The van der Waals surface area contributed by atoms with Crippen LogP contribution in [0.15, 0.2) is 41.1 Å². The van der Waals surface area contributed by atoms with Crippen LogP contribution in [0, 0.1) is 6.92 Å². The van der Waals surface area contributed by atoms with Crippen molar-refractivity contribution in [1.29, 1.82) is 0 Å². The van der Waals surface area contributed by atoms with Gasteiger partial charge in [0, 0.05) is 30.0 Å². The molecule has 0 atom stereocenters. The van der Waals surface area contributed by atoms with Crippen LogP contribution >= 0.6 is 27.5 Å². The standard InChI is InChI=1S/C14H14BrClN2/c1-10-7-17-5-4-12(10)9-18-8-11-2-3-14(16)13(15)6-11/h2-7,18H,8-9H2,1H3. The Bertz CT molecular complexity index is 543. The fourth-order valence-corrected chi connectivity index (χ4v) is 2.24. The van der Waals surface area contributed by atoms with Gasteiger partial charge in [-0.2, -0.15) is 0 Å². The Balaban J connectivity index is 1.92. The van der Waals surface area contributed by atoms with E-state index in [9.17, 15) is 0 Å². The molecule has 0 aliphatic carbocycles. The van der Waals surface area contributed by atoms with Gasteiger partial charge in [-0.05, 0) is 57.7 Å². The summed E-state index contributed by atoms with van der Waals surface area (Å²) in [6.07, 6.45) is 3.71. The Kier molecular flexibility index (Phi) is 4.75. The number of rotatable bonds is 4. The first kappa shape index (κ1) is 13.5. The highest BCUT2D eigenvalue weighted by Crippen LogP contribution is 2.23. The number of halogens is 2. The molecule has 0 bridgehead atoms. The molecule has 1 aromatic carbocycles. The molecular weight excluding hydrogens is 312 g/mol. The zero-order valence-corrected chi connectivity index (χ0v) is 12.4. The Hall–Kier alpha value is -0.900. The van der Waals surface area contributed by atoms with Gasteiger partial charge in [-0.25, -0.2) is 0 Å². The van der Waals surface area contributed by atoms with E-state index in [-0.39, 0.29) is 0 Å². The summed E-state index contributed by atoms with van der Waals surface area (Å²) in [5.74, 6) is 0.